The Hall–Kier alpha value is -2.16. The van der Waals surface area contributed by atoms with Crippen LogP contribution in [-0.2, 0) is 10.0 Å². The number of anilines is 1. The summed E-state index contributed by atoms with van der Waals surface area (Å²) in [5.74, 6) is -0.826. The van der Waals surface area contributed by atoms with Crippen molar-refractivity contribution in [2.24, 2.45) is 0 Å². The van der Waals surface area contributed by atoms with Gasteiger partial charge >= 0.3 is 5.97 Å². The largest absolute Gasteiger partial charge is 0.486 e. The maximum Gasteiger partial charge on any atom is 0.337 e. The Morgan fingerprint density at radius 2 is 1.68 bits per heavy atom. The van der Waals surface area contributed by atoms with Crippen LogP contribution in [0.3, 0.4) is 0 Å². The number of benzene rings is 2. The Balaban J connectivity index is 2.03. The zero-order chi connectivity index (χ0) is 18.2. The van der Waals surface area contributed by atoms with Crippen LogP contribution in [0.15, 0.2) is 35.2 Å². The molecule has 2 N–H and O–H groups in total. The number of carbonyl (C=O) groups is 1. The van der Waals surface area contributed by atoms with E-state index >= 15 is 0 Å². The minimum absolute atomic E-state index is 0.0603. The van der Waals surface area contributed by atoms with Gasteiger partial charge in [0.15, 0.2) is 11.5 Å². The lowest BCUT2D eigenvalue weighted by molar-refractivity contribution is 0.0697. The van der Waals surface area contributed by atoms with Gasteiger partial charge in [0.2, 0.25) is 0 Å². The average Bonchev–Trinajstić information content (AvgIpc) is 2.56. The number of sulfonamides is 1. The molecule has 7 nitrogen and oxygen atoms in total. The third kappa shape index (κ3) is 3.60. The highest BCUT2D eigenvalue weighted by Crippen LogP contribution is 2.36. The second-order valence-electron chi connectivity index (χ2n) is 5.03. The van der Waals surface area contributed by atoms with Gasteiger partial charge in [0.25, 0.3) is 10.0 Å². The fraction of sp³-hybridized carbons (Fsp3) is 0.133. The molecule has 0 saturated carbocycles. The van der Waals surface area contributed by atoms with Gasteiger partial charge in [0.1, 0.15) is 13.2 Å². The monoisotopic (exact) mass is 403 g/mol. The van der Waals surface area contributed by atoms with E-state index in [0.717, 1.165) is 0 Å². The summed E-state index contributed by atoms with van der Waals surface area (Å²) in [7, 11) is -4.09. The predicted molar refractivity (Wildman–Crippen MR) is 91.7 cm³/mol. The van der Waals surface area contributed by atoms with Gasteiger partial charge in [-0.25, -0.2) is 13.2 Å². The molecule has 3 rings (SSSR count). The van der Waals surface area contributed by atoms with Crippen LogP contribution in [0.2, 0.25) is 10.0 Å². The number of carboxylic acid groups (broad SMARTS) is 1. The summed E-state index contributed by atoms with van der Waals surface area (Å²) in [6, 6.07) is 6.25. The van der Waals surface area contributed by atoms with Gasteiger partial charge in [-0.3, -0.25) is 4.72 Å². The molecular formula is C15H11Cl2NO6S. The smallest absolute Gasteiger partial charge is 0.337 e. The summed E-state index contributed by atoms with van der Waals surface area (Å²) in [4.78, 5) is 11.3. The van der Waals surface area contributed by atoms with E-state index in [0.29, 0.717) is 0 Å². The van der Waals surface area contributed by atoms with Crippen molar-refractivity contribution in [3.63, 3.8) is 0 Å². The van der Waals surface area contributed by atoms with E-state index in [1.54, 1.807) is 0 Å². The molecule has 25 heavy (non-hydrogen) atoms. The highest BCUT2D eigenvalue weighted by atomic mass is 35.5. The van der Waals surface area contributed by atoms with Crippen LogP contribution in [0.5, 0.6) is 11.5 Å². The van der Waals surface area contributed by atoms with Crippen molar-refractivity contribution in [1.82, 2.24) is 0 Å². The first kappa shape index (κ1) is 17.7. The van der Waals surface area contributed by atoms with Crippen molar-refractivity contribution >= 4 is 44.9 Å². The Labute approximate surface area is 153 Å². The second-order valence-corrected chi connectivity index (χ2v) is 7.52. The highest BCUT2D eigenvalue weighted by Gasteiger charge is 2.23. The maximum atomic E-state index is 12.5. The number of fused-ring (bicyclic) bond motifs is 1. The predicted octanol–water partition coefficient (Wildman–Crippen LogP) is 3.26. The molecule has 2 aromatic rings. The summed E-state index contributed by atoms with van der Waals surface area (Å²) >= 11 is 11.6. The summed E-state index contributed by atoms with van der Waals surface area (Å²) in [5.41, 5.74) is -0.421. The Kier molecular flexibility index (Phi) is 4.68. The Morgan fingerprint density at radius 1 is 1.04 bits per heavy atom. The van der Waals surface area contributed by atoms with E-state index in [1.165, 1.54) is 30.3 Å². The van der Waals surface area contributed by atoms with Crippen molar-refractivity contribution < 1.29 is 27.8 Å². The highest BCUT2D eigenvalue weighted by molar-refractivity contribution is 7.92. The molecule has 0 aromatic heterocycles. The molecule has 1 aliphatic rings. The molecule has 0 bridgehead atoms. The zero-order valence-electron chi connectivity index (χ0n) is 12.5. The van der Waals surface area contributed by atoms with Crippen LogP contribution in [-0.4, -0.2) is 32.7 Å². The normalized spacial score (nSPS) is 13.4. The minimum atomic E-state index is -4.09. The van der Waals surface area contributed by atoms with Gasteiger partial charge in [-0.1, -0.05) is 23.2 Å². The van der Waals surface area contributed by atoms with Crippen molar-refractivity contribution in [2.75, 3.05) is 17.9 Å². The number of halogens is 2. The molecular weight excluding hydrogens is 393 g/mol. The molecule has 0 radical (unpaired) electrons. The first-order chi connectivity index (χ1) is 11.8. The van der Waals surface area contributed by atoms with E-state index in [9.17, 15) is 18.3 Å². The molecule has 132 valence electrons. The van der Waals surface area contributed by atoms with Crippen LogP contribution >= 0.6 is 23.2 Å². The number of carboxylic acids is 1. The summed E-state index contributed by atoms with van der Waals surface area (Å²) in [6.45, 7) is 0.554. The first-order valence-corrected chi connectivity index (χ1v) is 9.16. The van der Waals surface area contributed by atoms with E-state index in [2.05, 4.69) is 4.72 Å². The standard InChI is InChI=1S/C15H11Cl2NO6S/c16-10-2-1-8(5-11(10)17)25(21,22)18-12-7-14-13(23-3-4-24-14)6-9(12)15(19)20/h1-2,5-7,18H,3-4H2,(H,19,20). The number of hydrogen-bond donors (Lipinski definition) is 2. The molecule has 1 aliphatic heterocycles. The van der Waals surface area contributed by atoms with Crippen LogP contribution in [0.25, 0.3) is 0 Å². The van der Waals surface area contributed by atoms with Crippen LogP contribution in [0, 0.1) is 0 Å². The van der Waals surface area contributed by atoms with Crippen LogP contribution < -0.4 is 14.2 Å². The number of hydrogen-bond acceptors (Lipinski definition) is 5. The molecule has 2 aromatic carbocycles. The van der Waals surface area contributed by atoms with Crippen LogP contribution in [0.4, 0.5) is 5.69 Å². The lowest BCUT2D eigenvalue weighted by Gasteiger charge is -2.20. The van der Waals surface area contributed by atoms with E-state index in [-0.39, 0.29) is 50.9 Å². The second kappa shape index (κ2) is 6.62. The maximum absolute atomic E-state index is 12.5. The van der Waals surface area contributed by atoms with Gasteiger partial charge in [-0.15, -0.1) is 0 Å². The number of rotatable bonds is 4. The molecule has 0 amide bonds. The molecule has 0 unspecified atom stereocenters. The van der Waals surface area contributed by atoms with Gasteiger partial charge in [0.05, 0.1) is 26.2 Å². The Bertz CT molecular complexity index is 961. The third-order valence-electron chi connectivity index (χ3n) is 3.36. The third-order valence-corrected chi connectivity index (χ3v) is 5.46. The molecule has 0 aliphatic carbocycles. The molecule has 0 atom stereocenters. The summed E-state index contributed by atoms with van der Waals surface area (Å²) in [5, 5.41) is 9.61. The lowest BCUT2D eigenvalue weighted by atomic mass is 10.1. The minimum Gasteiger partial charge on any atom is -0.486 e. The fourth-order valence-corrected chi connectivity index (χ4v) is 3.66. The summed E-state index contributed by atoms with van der Waals surface area (Å²) < 4.78 is 38.0. The SMILES string of the molecule is O=C(O)c1cc2c(cc1NS(=O)(=O)c1ccc(Cl)c(Cl)c1)OCCO2. The van der Waals surface area contributed by atoms with Crippen molar-refractivity contribution in [3.05, 3.63) is 45.9 Å². The van der Waals surface area contributed by atoms with Gasteiger partial charge in [-0.2, -0.15) is 0 Å². The topological polar surface area (TPSA) is 102 Å². The van der Waals surface area contributed by atoms with E-state index < -0.39 is 16.0 Å². The van der Waals surface area contributed by atoms with E-state index in [1.807, 2.05) is 0 Å². The van der Waals surface area contributed by atoms with E-state index in [4.69, 9.17) is 32.7 Å². The van der Waals surface area contributed by atoms with Crippen LogP contribution in [0.1, 0.15) is 10.4 Å². The summed E-state index contributed by atoms with van der Waals surface area (Å²) in [6.07, 6.45) is 0. The molecule has 10 heteroatoms. The number of ether oxygens (including phenoxy) is 2. The fourth-order valence-electron chi connectivity index (χ4n) is 2.20. The first-order valence-electron chi connectivity index (χ1n) is 6.93. The van der Waals surface area contributed by atoms with Gasteiger partial charge in [-0.05, 0) is 18.2 Å². The average molecular weight is 404 g/mol. The van der Waals surface area contributed by atoms with Gasteiger partial charge in [0, 0.05) is 12.1 Å². The number of aromatic carboxylic acids is 1. The molecule has 0 fully saturated rings. The Morgan fingerprint density at radius 3 is 2.28 bits per heavy atom. The van der Waals surface area contributed by atoms with Gasteiger partial charge < -0.3 is 14.6 Å². The zero-order valence-corrected chi connectivity index (χ0v) is 14.8. The van der Waals surface area contributed by atoms with Crippen molar-refractivity contribution in [2.45, 2.75) is 4.90 Å². The number of nitrogens with one attached hydrogen (secondary N) is 1. The van der Waals surface area contributed by atoms with Crippen molar-refractivity contribution in [1.29, 1.82) is 0 Å². The lowest BCUT2D eigenvalue weighted by Crippen LogP contribution is -2.19. The quantitative estimate of drug-likeness (QED) is 0.811. The van der Waals surface area contributed by atoms with Crippen molar-refractivity contribution in [3.8, 4) is 11.5 Å². The molecule has 1 heterocycles. The molecule has 0 spiro atoms. The molecule has 0 saturated heterocycles.